The van der Waals surface area contributed by atoms with Gasteiger partial charge in [0.15, 0.2) is 11.5 Å². The van der Waals surface area contributed by atoms with Gasteiger partial charge in [0.25, 0.3) is 5.91 Å². The van der Waals surface area contributed by atoms with Crippen LogP contribution in [0.5, 0.6) is 17.2 Å². The molecular formula is C27H21ClN2O5S. The fourth-order valence-electron chi connectivity index (χ4n) is 3.23. The number of hydrogen-bond donors (Lipinski definition) is 1. The van der Waals surface area contributed by atoms with Crippen molar-refractivity contribution in [1.29, 1.82) is 0 Å². The summed E-state index contributed by atoms with van der Waals surface area (Å²) in [6.07, 6.45) is 3.10. The molecule has 1 heterocycles. The highest BCUT2D eigenvalue weighted by molar-refractivity contribution is 7.21. The molecule has 36 heavy (non-hydrogen) atoms. The number of halogens is 1. The number of nitrogens with zero attached hydrogens (tertiary/aromatic N) is 1. The van der Waals surface area contributed by atoms with Crippen LogP contribution in [0.2, 0.25) is 5.02 Å². The Morgan fingerprint density at radius 3 is 2.58 bits per heavy atom. The minimum Gasteiger partial charge on any atom is -0.493 e. The molecule has 1 aromatic heterocycles. The van der Waals surface area contributed by atoms with Crippen LogP contribution in [0.1, 0.15) is 25.6 Å². The van der Waals surface area contributed by atoms with Crippen LogP contribution >= 0.6 is 22.9 Å². The number of hydrogen-bond acceptors (Lipinski definition) is 7. The van der Waals surface area contributed by atoms with Gasteiger partial charge in [-0.2, -0.15) is 5.10 Å². The van der Waals surface area contributed by atoms with E-state index in [4.69, 9.17) is 25.8 Å². The third-order valence-electron chi connectivity index (χ3n) is 4.97. The first-order valence-electron chi connectivity index (χ1n) is 10.7. The summed E-state index contributed by atoms with van der Waals surface area (Å²) in [5.74, 6) is 0.243. The van der Waals surface area contributed by atoms with Crippen molar-refractivity contribution in [1.82, 2.24) is 5.43 Å². The zero-order valence-corrected chi connectivity index (χ0v) is 20.8. The summed E-state index contributed by atoms with van der Waals surface area (Å²) in [5.41, 5.74) is 3.52. The molecule has 0 saturated carbocycles. The Bertz CT molecular complexity index is 1450. The van der Waals surface area contributed by atoms with Gasteiger partial charge in [-0.1, -0.05) is 42.5 Å². The number of hydrazone groups is 1. The zero-order chi connectivity index (χ0) is 25.5. The van der Waals surface area contributed by atoms with E-state index in [0.29, 0.717) is 39.1 Å². The SMILES string of the molecule is C=CCOc1ccc(C(=O)N/N=C/c2ccc(OC(=O)c3sc4ccccc4c3Cl)c(OC)c2)cc1. The summed E-state index contributed by atoms with van der Waals surface area (Å²) in [4.78, 5) is 25.4. The van der Waals surface area contributed by atoms with Crippen molar-refractivity contribution in [3.63, 3.8) is 0 Å². The van der Waals surface area contributed by atoms with Gasteiger partial charge in [0.2, 0.25) is 0 Å². The number of benzene rings is 3. The van der Waals surface area contributed by atoms with Crippen LogP contribution < -0.4 is 19.6 Å². The van der Waals surface area contributed by atoms with Crippen LogP contribution in [0, 0.1) is 0 Å². The molecule has 7 nitrogen and oxygen atoms in total. The lowest BCUT2D eigenvalue weighted by atomic mass is 10.2. The fourth-order valence-corrected chi connectivity index (χ4v) is 4.61. The Morgan fingerprint density at radius 1 is 1.08 bits per heavy atom. The summed E-state index contributed by atoms with van der Waals surface area (Å²) >= 11 is 7.65. The number of nitrogens with one attached hydrogen (secondary N) is 1. The Morgan fingerprint density at radius 2 is 1.86 bits per heavy atom. The standard InChI is InChI=1S/C27H21ClN2O5S/c1-3-14-34-19-11-9-18(10-12-19)26(31)30-29-16-17-8-13-21(22(15-17)33-2)35-27(32)25-24(28)20-6-4-5-7-23(20)36-25/h3-13,15-16H,1,14H2,2H3,(H,30,31)/b29-16+. The summed E-state index contributed by atoms with van der Waals surface area (Å²) < 4.78 is 17.2. The van der Waals surface area contributed by atoms with E-state index in [0.717, 1.165) is 10.1 Å². The molecule has 4 rings (SSSR count). The van der Waals surface area contributed by atoms with Gasteiger partial charge >= 0.3 is 5.97 Å². The fraction of sp³-hybridized carbons (Fsp3) is 0.0741. The number of methoxy groups -OCH3 is 1. The molecule has 1 N–H and O–H groups in total. The second kappa shape index (κ2) is 11.5. The van der Waals surface area contributed by atoms with Gasteiger partial charge in [-0.15, -0.1) is 11.3 Å². The maximum absolute atomic E-state index is 12.8. The lowest BCUT2D eigenvalue weighted by Crippen LogP contribution is -2.17. The van der Waals surface area contributed by atoms with E-state index in [-0.39, 0.29) is 11.7 Å². The number of rotatable bonds is 9. The summed E-state index contributed by atoms with van der Waals surface area (Å²) in [7, 11) is 1.46. The van der Waals surface area contributed by atoms with Gasteiger partial charge in [0, 0.05) is 15.6 Å². The molecule has 0 aliphatic rings. The zero-order valence-electron chi connectivity index (χ0n) is 19.2. The Hall–Kier alpha value is -4.14. The van der Waals surface area contributed by atoms with Crippen LogP contribution in [0.4, 0.5) is 0 Å². The third kappa shape index (κ3) is 5.73. The van der Waals surface area contributed by atoms with Crippen molar-refractivity contribution in [3.8, 4) is 17.2 Å². The topological polar surface area (TPSA) is 86.2 Å². The van der Waals surface area contributed by atoms with Crippen molar-refractivity contribution in [2.24, 2.45) is 5.10 Å². The van der Waals surface area contributed by atoms with Crippen LogP contribution in [0.3, 0.4) is 0 Å². The van der Waals surface area contributed by atoms with Crippen LogP contribution in [-0.4, -0.2) is 31.8 Å². The van der Waals surface area contributed by atoms with E-state index in [1.165, 1.54) is 24.7 Å². The highest BCUT2D eigenvalue weighted by Crippen LogP contribution is 2.37. The van der Waals surface area contributed by atoms with Crippen molar-refractivity contribution in [2.45, 2.75) is 0 Å². The van der Waals surface area contributed by atoms with E-state index in [2.05, 4.69) is 17.1 Å². The van der Waals surface area contributed by atoms with Gasteiger partial charge in [-0.3, -0.25) is 4.79 Å². The molecule has 0 aliphatic carbocycles. The molecule has 0 fully saturated rings. The number of thiophene rings is 1. The lowest BCUT2D eigenvalue weighted by molar-refractivity contribution is 0.0734. The highest BCUT2D eigenvalue weighted by Gasteiger charge is 2.20. The quantitative estimate of drug-likeness (QED) is 0.0945. The molecule has 0 saturated heterocycles. The molecule has 0 spiro atoms. The maximum atomic E-state index is 12.8. The van der Waals surface area contributed by atoms with E-state index in [1.807, 2.05) is 24.3 Å². The van der Waals surface area contributed by atoms with Gasteiger partial charge < -0.3 is 14.2 Å². The second-order valence-electron chi connectivity index (χ2n) is 7.36. The van der Waals surface area contributed by atoms with Crippen molar-refractivity contribution in [3.05, 3.63) is 100 Å². The van der Waals surface area contributed by atoms with Crippen LogP contribution in [0.15, 0.2) is 84.5 Å². The third-order valence-corrected chi connectivity index (χ3v) is 6.63. The molecule has 182 valence electrons. The first-order valence-corrected chi connectivity index (χ1v) is 11.9. The lowest BCUT2D eigenvalue weighted by Gasteiger charge is -2.09. The minimum atomic E-state index is -0.575. The number of esters is 1. The molecule has 0 atom stereocenters. The Balaban J connectivity index is 1.41. The number of carbonyl (C=O) groups excluding carboxylic acids is 2. The number of ether oxygens (including phenoxy) is 3. The molecule has 0 radical (unpaired) electrons. The largest absolute Gasteiger partial charge is 0.493 e. The Kier molecular flexibility index (Phi) is 7.99. The van der Waals surface area contributed by atoms with Gasteiger partial charge in [-0.25, -0.2) is 10.2 Å². The van der Waals surface area contributed by atoms with Gasteiger partial charge in [0.05, 0.1) is 18.3 Å². The van der Waals surface area contributed by atoms with E-state index >= 15 is 0 Å². The first kappa shape index (κ1) is 25.0. The number of fused-ring (bicyclic) bond motifs is 1. The summed E-state index contributed by atoms with van der Waals surface area (Å²) in [6.45, 7) is 3.98. The van der Waals surface area contributed by atoms with E-state index in [1.54, 1.807) is 48.5 Å². The number of amides is 1. The molecular weight excluding hydrogens is 500 g/mol. The molecule has 3 aromatic carbocycles. The molecule has 0 aliphatic heterocycles. The van der Waals surface area contributed by atoms with E-state index in [9.17, 15) is 9.59 Å². The van der Waals surface area contributed by atoms with Gasteiger partial charge in [0.1, 0.15) is 17.2 Å². The highest BCUT2D eigenvalue weighted by atomic mass is 35.5. The predicted molar refractivity (Wildman–Crippen MR) is 142 cm³/mol. The second-order valence-corrected chi connectivity index (χ2v) is 8.79. The smallest absolute Gasteiger partial charge is 0.355 e. The average Bonchev–Trinajstić information content (AvgIpc) is 3.25. The van der Waals surface area contributed by atoms with Crippen molar-refractivity contribution in [2.75, 3.05) is 13.7 Å². The monoisotopic (exact) mass is 520 g/mol. The minimum absolute atomic E-state index is 0.232. The molecule has 9 heteroatoms. The van der Waals surface area contributed by atoms with E-state index < -0.39 is 5.97 Å². The van der Waals surface area contributed by atoms with Crippen molar-refractivity contribution >= 4 is 51.1 Å². The molecule has 1 amide bonds. The molecule has 0 unspecified atom stereocenters. The van der Waals surface area contributed by atoms with Crippen LogP contribution in [-0.2, 0) is 0 Å². The summed E-state index contributed by atoms with van der Waals surface area (Å²) in [6, 6.07) is 19.0. The van der Waals surface area contributed by atoms with Crippen molar-refractivity contribution < 1.29 is 23.8 Å². The molecule has 4 aromatic rings. The average molecular weight is 521 g/mol. The maximum Gasteiger partial charge on any atom is 0.355 e. The first-order chi connectivity index (χ1) is 17.5. The van der Waals surface area contributed by atoms with Gasteiger partial charge in [-0.05, 0) is 54.1 Å². The predicted octanol–water partition coefficient (Wildman–Crippen LogP) is 6.11. The number of carbonyl (C=O) groups is 2. The normalized spacial score (nSPS) is 10.8. The summed E-state index contributed by atoms with van der Waals surface area (Å²) in [5, 5.41) is 5.15. The van der Waals surface area contributed by atoms with Crippen LogP contribution in [0.25, 0.3) is 10.1 Å². The Labute approximate surface area is 216 Å². The molecule has 0 bridgehead atoms.